The molecule has 308 valence electrons. The summed E-state index contributed by atoms with van der Waals surface area (Å²) in [6.45, 7) is 4.83. The van der Waals surface area contributed by atoms with Crippen LogP contribution in [-0.4, -0.2) is 73.2 Å². The Morgan fingerprint density at radius 3 is 2.00 bits per heavy atom. The summed E-state index contributed by atoms with van der Waals surface area (Å²) < 4.78 is 0. The van der Waals surface area contributed by atoms with Crippen molar-refractivity contribution in [2.75, 3.05) is 26.7 Å². The monoisotopic (exact) mass is 785 g/mol. The predicted octanol–water partition coefficient (Wildman–Crippen LogP) is 7.29. The van der Waals surface area contributed by atoms with Gasteiger partial charge in [0, 0.05) is 31.2 Å². The van der Waals surface area contributed by atoms with Gasteiger partial charge in [0.05, 0.1) is 12.1 Å². The van der Waals surface area contributed by atoms with Gasteiger partial charge in [-0.2, -0.15) is 0 Å². The lowest BCUT2D eigenvalue weighted by molar-refractivity contribution is -0.134. The largest absolute Gasteiger partial charge is 0.345 e. The Balaban J connectivity index is 1.19. The van der Waals surface area contributed by atoms with Gasteiger partial charge in [0.2, 0.25) is 17.7 Å². The van der Waals surface area contributed by atoms with Crippen molar-refractivity contribution in [3.8, 4) is 0 Å². The molecule has 0 aromatic heterocycles. The summed E-state index contributed by atoms with van der Waals surface area (Å²) in [6, 6.07) is 32.6. The van der Waals surface area contributed by atoms with Gasteiger partial charge in [-0.05, 0) is 98.6 Å². The van der Waals surface area contributed by atoms with E-state index in [0.717, 1.165) is 98.5 Å². The van der Waals surface area contributed by atoms with Gasteiger partial charge in [0.25, 0.3) is 0 Å². The van der Waals surface area contributed by atoms with E-state index in [2.05, 4.69) is 39.3 Å². The third-order valence-corrected chi connectivity index (χ3v) is 12.2. The zero-order chi connectivity index (χ0) is 40.7. The number of nitrogens with zero attached hydrogens (tertiary/aromatic N) is 1. The first kappa shape index (κ1) is 42.7. The molecule has 9 heteroatoms. The summed E-state index contributed by atoms with van der Waals surface area (Å²) in [6.07, 6.45) is 8.73. The molecule has 4 aromatic carbocycles. The summed E-state index contributed by atoms with van der Waals surface area (Å²) in [4.78, 5) is 58.5. The Kier molecular flexibility index (Phi) is 16.0. The van der Waals surface area contributed by atoms with Crippen molar-refractivity contribution in [3.05, 3.63) is 120 Å². The smallest absolute Gasteiger partial charge is 0.243 e. The second-order valence-electron chi connectivity index (χ2n) is 16.5. The van der Waals surface area contributed by atoms with Crippen LogP contribution >= 0.6 is 0 Å². The Morgan fingerprint density at radius 2 is 1.34 bits per heavy atom. The molecule has 58 heavy (non-hydrogen) atoms. The first-order chi connectivity index (χ1) is 28.3. The minimum absolute atomic E-state index is 0.0246. The van der Waals surface area contributed by atoms with Crippen LogP contribution in [0, 0.1) is 11.8 Å². The van der Waals surface area contributed by atoms with Gasteiger partial charge in [-0.3, -0.25) is 19.2 Å². The molecule has 4 aromatic rings. The number of Topliss-reactive ketones (excluding diaryl/α,β-unsaturated/α-hetero) is 1. The normalized spacial score (nSPS) is 16.8. The SMILES string of the molecule is CCC(=O)N[C@@H](Cc1ccc2ccccc2c1)C(=O)N[C@H](C(=O)C[C@@H](CCCCNC1CCN(C)CC1)C(=O)NC(c1ccccc1)c1ccccc1)C1CCCC1. The zero-order valence-electron chi connectivity index (χ0n) is 34.5. The predicted molar refractivity (Wildman–Crippen MR) is 232 cm³/mol. The lowest BCUT2D eigenvalue weighted by Gasteiger charge is -2.30. The molecule has 1 aliphatic heterocycles. The third kappa shape index (κ3) is 12.3. The van der Waals surface area contributed by atoms with E-state index in [0.29, 0.717) is 18.9 Å². The van der Waals surface area contributed by atoms with E-state index in [9.17, 15) is 19.2 Å². The van der Waals surface area contributed by atoms with Crippen molar-refractivity contribution < 1.29 is 19.2 Å². The van der Waals surface area contributed by atoms with Gasteiger partial charge in [-0.15, -0.1) is 0 Å². The number of hydrogen-bond donors (Lipinski definition) is 4. The topological polar surface area (TPSA) is 120 Å². The van der Waals surface area contributed by atoms with Crippen molar-refractivity contribution in [2.24, 2.45) is 11.8 Å². The summed E-state index contributed by atoms with van der Waals surface area (Å²) in [7, 11) is 2.17. The first-order valence-electron chi connectivity index (χ1n) is 21.7. The van der Waals surface area contributed by atoms with Gasteiger partial charge in [0.1, 0.15) is 6.04 Å². The van der Waals surface area contributed by atoms with Crippen LogP contribution in [-0.2, 0) is 25.6 Å². The molecule has 1 saturated heterocycles. The van der Waals surface area contributed by atoms with E-state index < -0.39 is 18.0 Å². The molecule has 3 atom stereocenters. The summed E-state index contributed by atoms with van der Waals surface area (Å²) in [5, 5.41) is 15.3. The fourth-order valence-corrected chi connectivity index (χ4v) is 8.75. The van der Waals surface area contributed by atoms with E-state index in [1.165, 1.54) is 0 Å². The molecule has 1 saturated carbocycles. The lowest BCUT2D eigenvalue weighted by Crippen LogP contribution is -2.54. The second kappa shape index (κ2) is 21.8. The van der Waals surface area contributed by atoms with Crippen molar-refractivity contribution in [1.29, 1.82) is 0 Å². The fourth-order valence-electron chi connectivity index (χ4n) is 8.75. The first-order valence-corrected chi connectivity index (χ1v) is 21.7. The number of fused-ring (bicyclic) bond motifs is 1. The molecule has 0 radical (unpaired) electrons. The van der Waals surface area contributed by atoms with Crippen molar-refractivity contribution in [1.82, 2.24) is 26.2 Å². The molecule has 6 rings (SSSR count). The summed E-state index contributed by atoms with van der Waals surface area (Å²) in [5.74, 6) is -1.46. The van der Waals surface area contributed by atoms with E-state index in [1.807, 2.05) is 97.1 Å². The summed E-state index contributed by atoms with van der Waals surface area (Å²) in [5.41, 5.74) is 2.86. The van der Waals surface area contributed by atoms with Crippen molar-refractivity contribution in [2.45, 2.75) is 108 Å². The van der Waals surface area contributed by atoms with E-state index in [-0.39, 0.29) is 48.3 Å². The van der Waals surface area contributed by atoms with Crippen LogP contribution < -0.4 is 21.3 Å². The molecule has 2 aliphatic rings. The van der Waals surface area contributed by atoms with E-state index in [4.69, 9.17) is 0 Å². The molecule has 1 heterocycles. The second-order valence-corrected chi connectivity index (χ2v) is 16.5. The minimum Gasteiger partial charge on any atom is -0.345 e. The van der Waals surface area contributed by atoms with Crippen molar-refractivity contribution >= 4 is 34.3 Å². The lowest BCUT2D eigenvalue weighted by atomic mass is 9.86. The van der Waals surface area contributed by atoms with Gasteiger partial charge in [0.15, 0.2) is 5.78 Å². The number of rotatable bonds is 20. The van der Waals surface area contributed by atoms with Gasteiger partial charge in [-0.1, -0.05) is 129 Å². The zero-order valence-corrected chi connectivity index (χ0v) is 34.5. The van der Waals surface area contributed by atoms with Crippen LogP contribution in [0.2, 0.25) is 0 Å². The average Bonchev–Trinajstić information content (AvgIpc) is 3.80. The Hall–Kier alpha value is -4.86. The van der Waals surface area contributed by atoms with Crippen LogP contribution in [0.25, 0.3) is 10.8 Å². The number of unbranched alkanes of at least 4 members (excludes halogenated alkanes) is 1. The molecule has 4 N–H and O–H groups in total. The highest BCUT2D eigenvalue weighted by atomic mass is 16.2. The Morgan fingerprint density at radius 1 is 0.707 bits per heavy atom. The average molecular weight is 786 g/mol. The van der Waals surface area contributed by atoms with Gasteiger partial charge < -0.3 is 26.2 Å². The van der Waals surface area contributed by atoms with Crippen LogP contribution in [0.1, 0.15) is 100 Å². The van der Waals surface area contributed by atoms with E-state index >= 15 is 0 Å². The highest BCUT2D eigenvalue weighted by Crippen LogP contribution is 2.31. The number of amides is 3. The van der Waals surface area contributed by atoms with Crippen molar-refractivity contribution in [3.63, 3.8) is 0 Å². The standard InChI is InChI=1S/C49H63N5O4/c1-3-45(56)51-43(33-35-25-26-36-16-10-13-23-40(36)32-35)49(58)53-47(39-21-11-12-22-39)44(55)34-41(24-14-15-29-50-42-27-30-54(2)31-28-42)48(57)52-46(37-17-6-4-7-18-37)38-19-8-5-9-20-38/h4-10,13,16-20,23,25-26,32,39,41-43,46-47,50H,3,11-12,14-15,21-22,24,27-31,33-34H2,1-2H3,(H,51,56)(H,52,57)(H,53,58)/t41-,43+,47+/m1/s1. The quantitative estimate of drug-likeness (QED) is 0.0700. The fraction of sp³-hybridized carbons (Fsp3) is 0.469. The number of likely N-dealkylation sites (tertiary alicyclic amines) is 1. The maximum absolute atomic E-state index is 14.6. The molecular weight excluding hydrogens is 723 g/mol. The Bertz CT molecular complexity index is 1880. The highest BCUT2D eigenvalue weighted by molar-refractivity contribution is 5.95. The van der Waals surface area contributed by atoms with Crippen LogP contribution in [0.3, 0.4) is 0 Å². The number of hydrogen-bond acceptors (Lipinski definition) is 6. The third-order valence-electron chi connectivity index (χ3n) is 12.2. The van der Waals surface area contributed by atoms with Crippen LogP contribution in [0.4, 0.5) is 0 Å². The highest BCUT2D eigenvalue weighted by Gasteiger charge is 2.36. The molecule has 2 fully saturated rings. The summed E-state index contributed by atoms with van der Waals surface area (Å²) >= 11 is 0. The maximum atomic E-state index is 14.6. The Labute approximate surface area is 345 Å². The number of nitrogens with one attached hydrogen (secondary N) is 4. The van der Waals surface area contributed by atoms with Gasteiger partial charge >= 0.3 is 0 Å². The van der Waals surface area contributed by atoms with Crippen LogP contribution in [0.5, 0.6) is 0 Å². The number of carbonyl (C=O) groups excluding carboxylic acids is 4. The van der Waals surface area contributed by atoms with E-state index in [1.54, 1.807) is 6.92 Å². The minimum atomic E-state index is -0.848. The molecule has 3 amide bonds. The number of ketones is 1. The number of benzene rings is 4. The molecule has 0 bridgehead atoms. The molecular formula is C49H63N5O4. The van der Waals surface area contributed by atoms with Gasteiger partial charge in [-0.25, -0.2) is 0 Å². The van der Waals surface area contributed by atoms with Crippen LogP contribution in [0.15, 0.2) is 103 Å². The maximum Gasteiger partial charge on any atom is 0.243 e. The number of carbonyl (C=O) groups is 4. The molecule has 9 nitrogen and oxygen atoms in total. The molecule has 0 unspecified atom stereocenters. The molecule has 1 aliphatic carbocycles. The molecule has 0 spiro atoms. The number of piperidine rings is 1.